The van der Waals surface area contributed by atoms with E-state index in [1.54, 1.807) is 18.3 Å². The molecule has 2 heterocycles. The van der Waals surface area contributed by atoms with Gasteiger partial charge >= 0.3 is 0 Å². The molecule has 2 N–H and O–H groups in total. The van der Waals surface area contributed by atoms with Gasteiger partial charge < -0.3 is 14.6 Å². The second-order valence-electron chi connectivity index (χ2n) is 3.67. The second kappa shape index (κ2) is 4.19. The summed E-state index contributed by atoms with van der Waals surface area (Å²) in [5.74, 6) is 0.838. The average molecular weight is 262 g/mol. The number of aromatic hydroxyl groups is 1. The van der Waals surface area contributed by atoms with E-state index in [1.807, 2.05) is 12.1 Å². The summed E-state index contributed by atoms with van der Waals surface area (Å²) in [5.41, 5.74) is 1.43. The number of nitrogens with one attached hydrogen (secondary N) is 1. The SMILES string of the molecule is Oc1ccc(-c2nc(-c3ccc[nH]3)no2)cc1Cl. The maximum absolute atomic E-state index is 9.34. The number of halogens is 1. The molecule has 6 heteroatoms. The Morgan fingerprint density at radius 1 is 1.28 bits per heavy atom. The Balaban J connectivity index is 2.00. The normalized spacial score (nSPS) is 10.7. The van der Waals surface area contributed by atoms with E-state index in [0.717, 1.165) is 5.69 Å². The summed E-state index contributed by atoms with van der Waals surface area (Å²) in [6, 6.07) is 8.41. The molecule has 1 aromatic carbocycles. The highest BCUT2D eigenvalue weighted by Crippen LogP contribution is 2.29. The maximum Gasteiger partial charge on any atom is 0.258 e. The number of benzene rings is 1. The summed E-state index contributed by atoms with van der Waals surface area (Å²) in [4.78, 5) is 7.23. The number of hydrogen-bond donors (Lipinski definition) is 2. The van der Waals surface area contributed by atoms with Crippen LogP contribution in [-0.2, 0) is 0 Å². The van der Waals surface area contributed by atoms with Crippen LogP contribution < -0.4 is 0 Å². The van der Waals surface area contributed by atoms with E-state index in [9.17, 15) is 5.11 Å². The zero-order chi connectivity index (χ0) is 12.5. The fourth-order valence-corrected chi connectivity index (χ4v) is 1.74. The Hall–Kier alpha value is -2.27. The minimum Gasteiger partial charge on any atom is -0.506 e. The van der Waals surface area contributed by atoms with Crippen molar-refractivity contribution in [1.29, 1.82) is 0 Å². The van der Waals surface area contributed by atoms with Crippen LogP contribution in [0.15, 0.2) is 41.1 Å². The van der Waals surface area contributed by atoms with E-state index in [4.69, 9.17) is 16.1 Å². The van der Waals surface area contributed by atoms with Gasteiger partial charge in [-0.15, -0.1) is 0 Å². The Labute approximate surface area is 107 Å². The third-order valence-corrected chi connectivity index (χ3v) is 2.76. The Kier molecular flexibility index (Phi) is 2.53. The van der Waals surface area contributed by atoms with Gasteiger partial charge in [0.2, 0.25) is 5.82 Å². The molecule has 0 aliphatic heterocycles. The van der Waals surface area contributed by atoms with Crippen molar-refractivity contribution in [2.24, 2.45) is 0 Å². The van der Waals surface area contributed by atoms with Crippen LogP contribution in [0.5, 0.6) is 5.75 Å². The minimum absolute atomic E-state index is 0.0181. The van der Waals surface area contributed by atoms with Crippen LogP contribution in [0, 0.1) is 0 Å². The molecule has 0 spiro atoms. The summed E-state index contributed by atoms with van der Waals surface area (Å²) in [6.45, 7) is 0. The first kappa shape index (κ1) is 10.9. The van der Waals surface area contributed by atoms with E-state index in [0.29, 0.717) is 17.3 Å². The smallest absolute Gasteiger partial charge is 0.258 e. The van der Waals surface area contributed by atoms with Crippen LogP contribution in [0.3, 0.4) is 0 Å². The molecule has 3 rings (SSSR count). The van der Waals surface area contributed by atoms with Gasteiger partial charge in [-0.25, -0.2) is 0 Å². The van der Waals surface area contributed by atoms with Crippen LogP contribution in [-0.4, -0.2) is 20.2 Å². The van der Waals surface area contributed by atoms with Crippen molar-refractivity contribution in [2.45, 2.75) is 0 Å². The van der Waals surface area contributed by atoms with Crippen LogP contribution in [0.1, 0.15) is 0 Å². The van der Waals surface area contributed by atoms with Gasteiger partial charge in [-0.2, -0.15) is 4.98 Å². The Morgan fingerprint density at radius 3 is 2.89 bits per heavy atom. The first-order valence-corrected chi connectivity index (χ1v) is 5.58. The quantitative estimate of drug-likeness (QED) is 0.743. The lowest BCUT2D eigenvalue weighted by Gasteiger charge is -1.97. The molecule has 0 bridgehead atoms. The topological polar surface area (TPSA) is 74.9 Å². The van der Waals surface area contributed by atoms with Gasteiger partial charge in [-0.1, -0.05) is 16.8 Å². The largest absolute Gasteiger partial charge is 0.506 e. The van der Waals surface area contributed by atoms with Gasteiger partial charge in [0, 0.05) is 11.8 Å². The zero-order valence-electron chi connectivity index (χ0n) is 9.09. The highest BCUT2D eigenvalue weighted by Gasteiger charge is 2.12. The molecule has 0 fully saturated rings. The van der Waals surface area contributed by atoms with E-state index < -0.39 is 0 Å². The number of aromatic nitrogens is 3. The van der Waals surface area contributed by atoms with Gasteiger partial charge in [0.1, 0.15) is 5.75 Å². The molecule has 5 nitrogen and oxygen atoms in total. The van der Waals surface area contributed by atoms with Gasteiger partial charge in [0.15, 0.2) is 0 Å². The third-order valence-electron chi connectivity index (χ3n) is 2.46. The van der Waals surface area contributed by atoms with Crippen molar-refractivity contribution in [3.8, 4) is 28.7 Å². The molecular weight excluding hydrogens is 254 g/mol. The summed E-state index contributed by atoms with van der Waals surface area (Å²) in [6.07, 6.45) is 1.78. The lowest BCUT2D eigenvalue weighted by molar-refractivity contribution is 0.432. The second-order valence-corrected chi connectivity index (χ2v) is 4.08. The van der Waals surface area contributed by atoms with Crippen molar-refractivity contribution < 1.29 is 9.63 Å². The molecule has 18 heavy (non-hydrogen) atoms. The summed E-state index contributed by atoms with van der Waals surface area (Å²) in [7, 11) is 0. The lowest BCUT2D eigenvalue weighted by Crippen LogP contribution is -1.81. The van der Waals surface area contributed by atoms with Crippen LogP contribution in [0.2, 0.25) is 5.02 Å². The molecule has 0 saturated heterocycles. The first-order valence-electron chi connectivity index (χ1n) is 5.20. The molecule has 0 aliphatic rings. The van der Waals surface area contributed by atoms with Crippen molar-refractivity contribution in [3.05, 3.63) is 41.6 Å². The number of nitrogens with zero attached hydrogens (tertiary/aromatic N) is 2. The number of H-pyrrole nitrogens is 1. The molecule has 0 saturated carbocycles. The molecule has 0 atom stereocenters. The Morgan fingerprint density at radius 2 is 2.17 bits per heavy atom. The molecule has 0 unspecified atom stereocenters. The number of aromatic amines is 1. The third kappa shape index (κ3) is 1.84. The number of phenolic OH excluding ortho intramolecular Hbond substituents is 1. The standard InChI is InChI=1S/C12H8ClN3O2/c13-8-6-7(3-4-10(8)17)12-15-11(16-18-12)9-2-1-5-14-9/h1-6,14,17H. The predicted octanol–water partition coefficient (Wildman–Crippen LogP) is 3.09. The van der Waals surface area contributed by atoms with E-state index in [1.165, 1.54) is 6.07 Å². The van der Waals surface area contributed by atoms with Crippen molar-refractivity contribution in [3.63, 3.8) is 0 Å². The molecule has 90 valence electrons. The first-order chi connectivity index (χ1) is 8.74. The highest BCUT2D eigenvalue weighted by atomic mass is 35.5. The van der Waals surface area contributed by atoms with Gasteiger partial charge in [0.05, 0.1) is 10.7 Å². The minimum atomic E-state index is 0.0181. The van der Waals surface area contributed by atoms with Crippen molar-refractivity contribution in [2.75, 3.05) is 0 Å². The highest BCUT2D eigenvalue weighted by molar-refractivity contribution is 6.32. The number of phenols is 1. The van der Waals surface area contributed by atoms with Crippen LogP contribution >= 0.6 is 11.6 Å². The monoisotopic (exact) mass is 261 g/mol. The van der Waals surface area contributed by atoms with Crippen LogP contribution in [0.4, 0.5) is 0 Å². The van der Waals surface area contributed by atoms with Gasteiger partial charge in [0.25, 0.3) is 5.89 Å². The van der Waals surface area contributed by atoms with E-state index in [-0.39, 0.29) is 10.8 Å². The fourth-order valence-electron chi connectivity index (χ4n) is 1.56. The molecule has 0 aliphatic carbocycles. The fraction of sp³-hybridized carbons (Fsp3) is 0. The van der Waals surface area contributed by atoms with Crippen molar-refractivity contribution >= 4 is 11.6 Å². The number of rotatable bonds is 2. The summed E-state index contributed by atoms with van der Waals surface area (Å²) < 4.78 is 5.15. The number of hydrogen-bond acceptors (Lipinski definition) is 4. The summed E-state index contributed by atoms with van der Waals surface area (Å²) >= 11 is 5.82. The summed E-state index contributed by atoms with van der Waals surface area (Å²) in [5, 5.41) is 13.4. The zero-order valence-corrected chi connectivity index (χ0v) is 9.85. The molecule has 2 aromatic heterocycles. The molecule has 3 aromatic rings. The molecule has 0 amide bonds. The van der Waals surface area contributed by atoms with Gasteiger partial charge in [-0.05, 0) is 30.3 Å². The lowest BCUT2D eigenvalue weighted by atomic mass is 10.2. The van der Waals surface area contributed by atoms with Crippen LogP contribution in [0.25, 0.3) is 23.0 Å². The van der Waals surface area contributed by atoms with E-state index in [2.05, 4.69) is 15.1 Å². The molecule has 0 radical (unpaired) electrons. The average Bonchev–Trinajstić information content (AvgIpc) is 3.01. The molecular formula is C12H8ClN3O2. The van der Waals surface area contributed by atoms with Gasteiger partial charge in [-0.3, -0.25) is 0 Å². The van der Waals surface area contributed by atoms with E-state index >= 15 is 0 Å². The Bertz CT molecular complexity index is 676. The maximum atomic E-state index is 9.34. The predicted molar refractivity (Wildman–Crippen MR) is 66.2 cm³/mol. The van der Waals surface area contributed by atoms with Crippen molar-refractivity contribution in [1.82, 2.24) is 15.1 Å².